The van der Waals surface area contributed by atoms with Gasteiger partial charge in [-0.3, -0.25) is 19.4 Å². The summed E-state index contributed by atoms with van der Waals surface area (Å²) in [6.07, 6.45) is 5.43. The third-order valence-electron chi connectivity index (χ3n) is 12.2. The van der Waals surface area contributed by atoms with Crippen LogP contribution in [0.3, 0.4) is 0 Å². The van der Waals surface area contributed by atoms with E-state index in [9.17, 15) is 9.59 Å². The summed E-state index contributed by atoms with van der Waals surface area (Å²) >= 11 is 0. The van der Waals surface area contributed by atoms with Gasteiger partial charge in [-0.05, 0) is 30.9 Å². The maximum absolute atomic E-state index is 14.8. The first kappa shape index (κ1) is 32.8. The number of hydrogen-bond donors (Lipinski definition) is 1. The molecule has 6 aliphatic rings. The monoisotopic (exact) mass is 715 g/mol. The van der Waals surface area contributed by atoms with Crippen molar-refractivity contribution in [2.45, 2.75) is 81.6 Å². The summed E-state index contributed by atoms with van der Waals surface area (Å²) in [6.45, 7) is 8.87. The average Bonchev–Trinajstić information content (AvgIpc) is 3.62. The number of piperazine rings is 2. The topological polar surface area (TPSA) is 120 Å². The lowest BCUT2D eigenvalue weighted by Crippen LogP contribution is -2.55. The van der Waals surface area contributed by atoms with Crippen LogP contribution in [0, 0.1) is 0 Å². The van der Waals surface area contributed by atoms with E-state index in [1.807, 2.05) is 39.7 Å². The number of likely N-dealkylation sites (tertiary alicyclic amines) is 2. The van der Waals surface area contributed by atoms with Gasteiger partial charge in [0.1, 0.15) is 0 Å². The zero-order valence-electron chi connectivity index (χ0n) is 30.0. The maximum atomic E-state index is 14.8. The number of aromatic nitrogens is 3. The minimum absolute atomic E-state index is 0.0512. The Hall–Kier alpha value is -4.85. The van der Waals surface area contributed by atoms with Gasteiger partial charge in [0.05, 0.1) is 53.6 Å². The number of benzene rings is 2. The number of oxime groups is 1. The Kier molecular flexibility index (Phi) is 7.99. The van der Waals surface area contributed by atoms with Gasteiger partial charge in [0.2, 0.25) is 0 Å². The Morgan fingerprint density at radius 3 is 1.92 bits per heavy atom. The number of carbonyl (C=O) groups is 2. The average molecular weight is 716 g/mol. The first-order valence-corrected chi connectivity index (χ1v) is 19.1. The van der Waals surface area contributed by atoms with E-state index in [-0.39, 0.29) is 48.4 Å². The molecule has 0 saturated carbocycles. The van der Waals surface area contributed by atoms with Gasteiger partial charge in [0.15, 0.2) is 5.65 Å². The Morgan fingerprint density at radius 1 is 0.811 bits per heavy atom. The van der Waals surface area contributed by atoms with Gasteiger partial charge in [-0.15, -0.1) is 0 Å². The summed E-state index contributed by atoms with van der Waals surface area (Å²) in [5, 5.41) is 13.9. The van der Waals surface area contributed by atoms with E-state index in [2.05, 4.69) is 73.9 Å². The fraction of sp³-hybridized carbons (Fsp3) is 0.475. The van der Waals surface area contributed by atoms with Crippen LogP contribution in [0.1, 0.15) is 42.9 Å². The van der Waals surface area contributed by atoms with Crippen molar-refractivity contribution in [3.63, 3.8) is 0 Å². The minimum Gasteiger partial charge on any atom is -0.381 e. The minimum atomic E-state index is -1.75. The highest BCUT2D eigenvalue weighted by Crippen LogP contribution is 2.46. The molecule has 53 heavy (non-hydrogen) atoms. The zero-order chi connectivity index (χ0) is 35.7. The van der Waals surface area contributed by atoms with Crippen molar-refractivity contribution in [3.05, 3.63) is 89.7 Å². The van der Waals surface area contributed by atoms with Crippen LogP contribution in [0.5, 0.6) is 0 Å². The molecule has 13 nitrogen and oxygen atoms in total. The molecule has 0 bridgehead atoms. The highest BCUT2D eigenvalue weighted by Gasteiger charge is 2.70. The Labute approximate surface area is 308 Å². The second-order valence-corrected chi connectivity index (χ2v) is 15.5. The number of ether oxygens (including phenoxy) is 1. The molecule has 2 aromatic carbocycles. The highest BCUT2D eigenvalue weighted by atomic mass is 16.7. The second kappa shape index (κ2) is 12.9. The van der Waals surface area contributed by atoms with Crippen LogP contribution in [0.2, 0.25) is 0 Å². The second-order valence-electron chi connectivity index (χ2n) is 15.5. The number of rotatable bonds is 10. The number of pyridine rings is 1. The van der Waals surface area contributed by atoms with Crippen molar-refractivity contribution in [1.29, 1.82) is 0 Å². The lowest BCUT2D eigenvalue weighted by molar-refractivity contribution is -0.166. The molecular weight excluding hydrogens is 670 g/mol. The maximum Gasteiger partial charge on any atom is 0.297 e. The molecule has 5 fully saturated rings. The van der Waals surface area contributed by atoms with Crippen LogP contribution >= 0.6 is 0 Å². The SMILES string of the molecule is CCn1ncc2c(NC3CCOCC3)c(C3=NOC(C(=O)N4C5CN(Cc6ccccc6)CC54)(C(=O)N4C5CN(Cc6ccccc6)CC54)C3)cnc21. The van der Waals surface area contributed by atoms with Crippen molar-refractivity contribution in [3.8, 4) is 0 Å². The third-order valence-corrected chi connectivity index (χ3v) is 12.2. The molecule has 8 heterocycles. The molecule has 13 heteroatoms. The number of nitrogens with one attached hydrogen (secondary N) is 1. The summed E-state index contributed by atoms with van der Waals surface area (Å²) in [5.74, 6) is -0.540. The molecule has 4 atom stereocenters. The van der Waals surface area contributed by atoms with Crippen LogP contribution in [0.4, 0.5) is 5.69 Å². The molecule has 2 aromatic heterocycles. The third kappa shape index (κ3) is 5.67. The molecule has 0 spiro atoms. The predicted molar refractivity (Wildman–Crippen MR) is 198 cm³/mol. The quantitative estimate of drug-likeness (QED) is 0.195. The lowest BCUT2D eigenvalue weighted by Gasteiger charge is -2.29. The highest BCUT2D eigenvalue weighted by molar-refractivity contribution is 6.19. The number of carbonyl (C=O) groups excluding carboxylic acids is 2. The van der Waals surface area contributed by atoms with E-state index in [0.717, 1.165) is 74.4 Å². The zero-order valence-corrected chi connectivity index (χ0v) is 30.0. The Balaban J connectivity index is 0.922. The van der Waals surface area contributed by atoms with Crippen LogP contribution < -0.4 is 5.32 Å². The van der Waals surface area contributed by atoms with Crippen LogP contribution in [0.25, 0.3) is 11.0 Å². The van der Waals surface area contributed by atoms with Gasteiger partial charge in [0.25, 0.3) is 17.4 Å². The summed E-state index contributed by atoms with van der Waals surface area (Å²) in [7, 11) is 0. The van der Waals surface area contributed by atoms with E-state index in [4.69, 9.17) is 14.6 Å². The predicted octanol–water partition coefficient (Wildman–Crippen LogP) is 3.10. The first-order chi connectivity index (χ1) is 26.0. The van der Waals surface area contributed by atoms with Crippen molar-refractivity contribution in [2.75, 3.05) is 44.7 Å². The molecule has 10 rings (SSSR count). The van der Waals surface area contributed by atoms with E-state index in [1.165, 1.54) is 11.1 Å². The van der Waals surface area contributed by atoms with Crippen LogP contribution in [-0.2, 0) is 38.8 Å². The number of anilines is 1. The Morgan fingerprint density at radius 2 is 1.38 bits per heavy atom. The molecule has 0 radical (unpaired) electrons. The number of aryl methyl sites for hydroxylation is 1. The smallest absolute Gasteiger partial charge is 0.297 e. The summed E-state index contributed by atoms with van der Waals surface area (Å²) < 4.78 is 7.52. The number of nitrogens with zero attached hydrogens (tertiary/aromatic N) is 8. The first-order valence-electron chi connectivity index (χ1n) is 19.1. The molecule has 5 saturated heterocycles. The van der Waals surface area contributed by atoms with Gasteiger partial charge in [-0.2, -0.15) is 5.10 Å². The molecule has 274 valence electrons. The largest absolute Gasteiger partial charge is 0.381 e. The standard InChI is InChI=1S/C40H45N9O4/c1-2-47-37-30(19-42-47)36(43-28-13-15-52-16-14-28)29(18-41-37)31-17-40(53-44-31,38(50)48-32-22-45(23-33(32)48)20-26-9-5-3-6-10-26)39(51)49-34-24-46(25-35(34)49)21-27-11-7-4-8-12-27/h3-12,18-19,28,32-35H,2,13-17,20-25H2,1H3,(H,41,43). The fourth-order valence-corrected chi connectivity index (χ4v) is 9.25. The summed E-state index contributed by atoms with van der Waals surface area (Å²) in [6, 6.07) is 21.3. The lowest BCUT2D eigenvalue weighted by atomic mass is 9.91. The molecule has 2 amide bonds. The molecule has 4 unspecified atom stereocenters. The normalized spacial score (nSPS) is 28.1. The van der Waals surface area contributed by atoms with Crippen molar-refractivity contribution >= 4 is 34.2 Å². The van der Waals surface area contributed by atoms with Gasteiger partial charge in [0, 0.05) is 76.8 Å². The molecule has 6 aliphatic heterocycles. The van der Waals surface area contributed by atoms with Gasteiger partial charge < -0.3 is 24.7 Å². The number of hydrogen-bond acceptors (Lipinski definition) is 10. The molecule has 4 aromatic rings. The van der Waals surface area contributed by atoms with Crippen molar-refractivity contribution < 1.29 is 19.2 Å². The van der Waals surface area contributed by atoms with Gasteiger partial charge in [-0.25, -0.2) is 9.67 Å². The van der Waals surface area contributed by atoms with Crippen molar-refractivity contribution in [2.24, 2.45) is 5.16 Å². The molecule has 0 aliphatic carbocycles. The fourth-order valence-electron chi connectivity index (χ4n) is 9.25. The van der Waals surface area contributed by atoms with E-state index >= 15 is 0 Å². The number of amides is 2. The van der Waals surface area contributed by atoms with Gasteiger partial charge >= 0.3 is 0 Å². The van der Waals surface area contributed by atoms with Crippen LogP contribution in [0.15, 0.2) is 78.2 Å². The van der Waals surface area contributed by atoms with Gasteiger partial charge in [-0.1, -0.05) is 65.8 Å². The Bertz CT molecular complexity index is 1960. The number of fused-ring (bicyclic) bond motifs is 3. The summed E-state index contributed by atoms with van der Waals surface area (Å²) in [4.78, 5) is 49.3. The van der Waals surface area contributed by atoms with Crippen LogP contribution in [-0.4, -0.2) is 127 Å². The van der Waals surface area contributed by atoms with E-state index in [1.54, 1.807) is 6.20 Å². The van der Waals surface area contributed by atoms with Crippen molar-refractivity contribution in [1.82, 2.24) is 34.4 Å². The molecule has 1 N–H and O–H groups in total. The van der Waals surface area contributed by atoms with E-state index in [0.29, 0.717) is 25.5 Å². The molecular formula is C40H45N9O4. The summed E-state index contributed by atoms with van der Waals surface area (Å²) in [5.41, 5.74) is 3.68. The van der Waals surface area contributed by atoms with E-state index < -0.39 is 5.60 Å².